The van der Waals surface area contributed by atoms with E-state index in [1.807, 2.05) is 6.92 Å². The zero-order valence-corrected chi connectivity index (χ0v) is 13.4. The third-order valence-corrected chi connectivity index (χ3v) is 3.65. The fourth-order valence-corrected chi connectivity index (χ4v) is 2.07. The zero-order valence-electron chi connectivity index (χ0n) is 13.4. The predicted molar refractivity (Wildman–Crippen MR) is 78.4 cm³/mol. The highest BCUT2D eigenvalue weighted by Gasteiger charge is 2.30. The molecule has 2 aromatic heterocycles. The Kier molecular flexibility index (Phi) is 4.26. The van der Waals surface area contributed by atoms with E-state index in [-0.39, 0.29) is 18.6 Å². The predicted octanol–water partition coefficient (Wildman–Crippen LogP) is 1.79. The first-order valence-corrected chi connectivity index (χ1v) is 7.73. The minimum absolute atomic E-state index is 0.263. The first-order chi connectivity index (χ1) is 11.1. The summed E-state index contributed by atoms with van der Waals surface area (Å²) in [7, 11) is 1.66. The van der Waals surface area contributed by atoms with Crippen molar-refractivity contribution in [3.8, 4) is 0 Å². The number of hydrogen-bond donors (Lipinski definition) is 1. The van der Waals surface area contributed by atoms with E-state index in [2.05, 4.69) is 25.6 Å². The number of amides is 2. The van der Waals surface area contributed by atoms with E-state index in [1.54, 1.807) is 14.0 Å². The van der Waals surface area contributed by atoms with Crippen LogP contribution in [0.3, 0.4) is 0 Å². The SMILES string of the molecule is CCc1nc(CN(C)C(=O)N[C@@H](C)c2nc(C3CC3)no2)no1. The summed E-state index contributed by atoms with van der Waals surface area (Å²) < 4.78 is 10.2. The molecular weight excluding hydrogens is 300 g/mol. The second-order valence-corrected chi connectivity index (χ2v) is 5.75. The Morgan fingerprint density at radius 1 is 1.35 bits per heavy atom. The summed E-state index contributed by atoms with van der Waals surface area (Å²) in [5, 5.41) is 10.6. The van der Waals surface area contributed by atoms with E-state index in [1.165, 1.54) is 4.90 Å². The molecule has 0 aliphatic heterocycles. The van der Waals surface area contributed by atoms with Gasteiger partial charge in [-0.2, -0.15) is 9.97 Å². The minimum Gasteiger partial charge on any atom is -0.339 e. The lowest BCUT2D eigenvalue weighted by Crippen LogP contribution is -2.38. The van der Waals surface area contributed by atoms with E-state index in [4.69, 9.17) is 9.05 Å². The van der Waals surface area contributed by atoms with Crippen LogP contribution in [0.1, 0.15) is 62.1 Å². The highest BCUT2D eigenvalue weighted by Crippen LogP contribution is 2.38. The smallest absolute Gasteiger partial charge is 0.318 e. The topological polar surface area (TPSA) is 110 Å². The molecule has 1 saturated carbocycles. The van der Waals surface area contributed by atoms with Crippen molar-refractivity contribution in [1.29, 1.82) is 0 Å². The first kappa shape index (κ1) is 15.4. The second-order valence-electron chi connectivity index (χ2n) is 5.75. The third-order valence-electron chi connectivity index (χ3n) is 3.65. The van der Waals surface area contributed by atoms with E-state index in [9.17, 15) is 4.79 Å². The van der Waals surface area contributed by atoms with E-state index >= 15 is 0 Å². The fraction of sp³-hybridized carbons (Fsp3) is 0.643. The number of carbonyl (C=O) groups excluding carboxylic acids is 1. The number of rotatable bonds is 6. The number of hydrogen-bond acceptors (Lipinski definition) is 7. The van der Waals surface area contributed by atoms with Crippen LogP contribution in [-0.4, -0.2) is 38.3 Å². The number of aryl methyl sites for hydroxylation is 1. The van der Waals surface area contributed by atoms with E-state index in [0.717, 1.165) is 18.7 Å². The third kappa shape index (κ3) is 3.66. The average Bonchev–Trinajstić information content (AvgIpc) is 3.09. The maximum absolute atomic E-state index is 12.2. The Hall–Kier alpha value is -2.45. The van der Waals surface area contributed by atoms with Gasteiger partial charge in [-0.15, -0.1) is 0 Å². The molecule has 2 heterocycles. The van der Waals surface area contributed by atoms with Crippen LogP contribution < -0.4 is 5.32 Å². The Morgan fingerprint density at radius 3 is 2.78 bits per heavy atom. The van der Waals surface area contributed by atoms with Gasteiger partial charge in [-0.3, -0.25) is 0 Å². The number of carbonyl (C=O) groups is 1. The van der Waals surface area contributed by atoms with E-state index in [0.29, 0.717) is 29.9 Å². The quantitative estimate of drug-likeness (QED) is 0.863. The molecule has 0 saturated heterocycles. The van der Waals surface area contributed by atoms with Crippen molar-refractivity contribution >= 4 is 6.03 Å². The molecule has 0 bridgehead atoms. The molecule has 2 amide bonds. The van der Waals surface area contributed by atoms with Gasteiger partial charge in [0.1, 0.15) is 6.04 Å². The zero-order chi connectivity index (χ0) is 16.4. The highest BCUT2D eigenvalue weighted by molar-refractivity contribution is 5.74. The summed E-state index contributed by atoms with van der Waals surface area (Å²) in [6.07, 6.45) is 2.88. The van der Waals surface area contributed by atoms with Gasteiger partial charge in [0, 0.05) is 19.4 Å². The second kappa shape index (κ2) is 6.35. The molecule has 9 heteroatoms. The highest BCUT2D eigenvalue weighted by atomic mass is 16.5. The molecule has 124 valence electrons. The Bertz CT molecular complexity index is 678. The fourth-order valence-electron chi connectivity index (χ4n) is 2.07. The van der Waals surface area contributed by atoms with Gasteiger partial charge >= 0.3 is 6.03 Å². The van der Waals surface area contributed by atoms with E-state index < -0.39 is 0 Å². The molecular formula is C14H20N6O3. The molecule has 1 fully saturated rings. The molecule has 0 aromatic carbocycles. The number of nitrogens with one attached hydrogen (secondary N) is 1. The molecule has 1 atom stereocenters. The molecule has 1 N–H and O–H groups in total. The minimum atomic E-state index is -0.360. The van der Waals surface area contributed by atoms with Gasteiger partial charge in [0.25, 0.3) is 0 Å². The molecule has 1 aliphatic rings. The van der Waals surface area contributed by atoms with Gasteiger partial charge < -0.3 is 19.3 Å². The van der Waals surface area contributed by atoms with Gasteiger partial charge in [-0.25, -0.2) is 4.79 Å². The van der Waals surface area contributed by atoms with Crippen LogP contribution in [0.4, 0.5) is 4.79 Å². The summed E-state index contributed by atoms with van der Waals surface area (Å²) in [5.41, 5.74) is 0. The van der Waals surface area contributed by atoms with Crippen molar-refractivity contribution in [2.75, 3.05) is 7.05 Å². The monoisotopic (exact) mass is 320 g/mol. The van der Waals surface area contributed by atoms with Crippen LogP contribution in [0.2, 0.25) is 0 Å². The van der Waals surface area contributed by atoms with Crippen molar-refractivity contribution in [3.05, 3.63) is 23.4 Å². The number of aromatic nitrogens is 4. The lowest BCUT2D eigenvalue weighted by atomic mass is 10.3. The van der Waals surface area contributed by atoms with Crippen LogP contribution in [0.15, 0.2) is 9.05 Å². The first-order valence-electron chi connectivity index (χ1n) is 7.73. The van der Waals surface area contributed by atoms with Crippen molar-refractivity contribution in [2.24, 2.45) is 0 Å². The van der Waals surface area contributed by atoms with Crippen LogP contribution in [-0.2, 0) is 13.0 Å². The molecule has 0 unspecified atom stereocenters. The number of nitrogens with zero attached hydrogens (tertiary/aromatic N) is 5. The molecule has 2 aromatic rings. The van der Waals surface area contributed by atoms with Gasteiger partial charge in [0.05, 0.1) is 6.54 Å². The Balaban J connectivity index is 1.54. The molecule has 0 radical (unpaired) electrons. The molecule has 9 nitrogen and oxygen atoms in total. The molecule has 23 heavy (non-hydrogen) atoms. The van der Waals surface area contributed by atoms with Crippen LogP contribution >= 0.6 is 0 Å². The molecule has 3 rings (SSSR count). The Labute approximate surface area is 133 Å². The van der Waals surface area contributed by atoms with Crippen LogP contribution in [0.5, 0.6) is 0 Å². The summed E-state index contributed by atoms with van der Waals surface area (Å²) in [6, 6.07) is -0.632. The summed E-state index contributed by atoms with van der Waals surface area (Å²) >= 11 is 0. The summed E-state index contributed by atoms with van der Waals surface area (Å²) in [4.78, 5) is 22.2. The summed E-state index contributed by atoms with van der Waals surface area (Å²) in [5.74, 6) is 2.60. The lowest BCUT2D eigenvalue weighted by molar-refractivity contribution is 0.198. The van der Waals surface area contributed by atoms with Crippen molar-refractivity contribution in [3.63, 3.8) is 0 Å². The van der Waals surface area contributed by atoms with Gasteiger partial charge in [-0.1, -0.05) is 17.2 Å². The maximum atomic E-state index is 12.2. The summed E-state index contributed by atoms with van der Waals surface area (Å²) in [6.45, 7) is 3.99. The van der Waals surface area contributed by atoms with Gasteiger partial charge in [0.15, 0.2) is 11.6 Å². The molecule has 0 spiro atoms. The lowest BCUT2D eigenvalue weighted by Gasteiger charge is -2.18. The maximum Gasteiger partial charge on any atom is 0.318 e. The van der Waals surface area contributed by atoms with Crippen molar-refractivity contribution < 1.29 is 13.8 Å². The van der Waals surface area contributed by atoms with Gasteiger partial charge in [0.2, 0.25) is 11.8 Å². The van der Waals surface area contributed by atoms with Crippen molar-refractivity contribution in [1.82, 2.24) is 30.5 Å². The largest absolute Gasteiger partial charge is 0.339 e. The Morgan fingerprint density at radius 2 is 2.13 bits per heavy atom. The number of urea groups is 1. The van der Waals surface area contributed by atoms with Crippen LogP contribution in [0.25, 0.3) is 0 Å². The van der Waals surface area contributed by atoms with Crippen molar-refractivity contribution in [2.45, 2.75) is 51.6 Å². The normalized spacial score (nSPS) is 15.4. The van der Waals surface area contributed by atoms with Crippen LogP contribution in [0, 0.1) is 0 Å². The van der Waals surface area contributed by atoms with Gasteiger partial charge in [-0.05, 0) is 19.8 Å². The standard InChI is InChI=1S/C14H20N6O3/c1-4-11-16-10(18-22-11)7-20(3)14(21)15-8(2)13-17-12(19-23-13)9-5-6-9/h8-9H,4-7H2,1-3H3,(H,15,21)/t8-/m0/s1. The average molecular weight is 320 g/mol. The molecule has 1 aliphatic carbocycles.